The van der Waals surface area contributed by atoms with Gasteiger partial charge in [0.2, 0.25) is 0 Å². The van der Waals surface area contributed by atoms with Crippen LogP contribution in [0.25, 0.3) is 11.6 Å². The Morgan fingerprint density at radius 3 is 2.50 bits per heavy atom. The van der Waals surface area contributed by atoms with Crippen LogP contribution in [0.2, 0.25) is 0 Å². The lowest BCUT2D eigenvalue weighted by atomic mass is 9.89. The third kappa shape index (κ3) is 4.78. The van der Waals surface area contributed by atoms with Crippen LogP contribution in [0, 0.1) is 0 Å². The molecular formula is C25H35NO4. The van der Waals surface area contributed by atoms with Crippen LogP contribution in [0.5, 0.6) is 11.5 Å². The highest BCUT2D eigenvalue weighted by Crippen LogP contribution is 2.41. The van der Waals surface area contributed by atoms with Crippen molar-refractivity contribution in [3.63, 3.8) is 0 Å². The molecule has 164 valence electrons. The van der Waals surface area contributed by atoms with Crippen LogP contribution in [-0.2, 0) is 9.53 Å². The molecule has 1 aromatic rings. The Bertz CT molecular complexity index is 889. The zero-order valence-corrected chi connectivity index (χ0v) is 19.6. The summed E-state index contributed by atoms with van der Waals surface area (Å²) in [6.07, 6.45) is 2.85. The molecule has 1 heterocycles. The van der Waals surface area contributed by atoms with Crippen molar-refractivity contribution in [2.24, 2.45) is 0 Å². The van der Waals surface area contributed by atoms with Gasteiger partial charge in [-0.15, -0.1) is 0 Å². The predicted octanol–water partition coefficient (Wildman–Crippen LogP) is 5.11. The van der Waals surface area contributed by atoms with Crippen LogP contribution in [0.15, 0.2) is 35.4 Å². The Labute approximate surface area is 181 Å². The first-order valence-corrected chi connectivity index (χ1v) is 10.3. The van der Waals surface area contributed by atoms with Crippen molar-refractivity contribution >= 4 is 17.6 Å². The van der Waals surface area contributed by atoms with E-state index in [9.17, 15) is 4.79 Å². The summed E-state index contributed by atoms with van der Waals surface area (Å²) in [7, 11) is 5.08. The lowest BCUT2D eigenvalue weighted by molar-refractivity contribution is -0.131. The Balaban J connectivity index is 2.52. The van der Waals surface area contributed by atoms with Crippen LogP contribution in [-0.4, -0.2) is 50.8 Å². The normalized spacial score (nSPS) is 13.3. The molecule has 0 unspecified atom stereocenters. The number of hydrogen-bond donors (Lipinski definition) is 0. The molecule has 2 rings (SSSR count). The van der Waals surface area contributed by atoms with E-state index in [1.807, 2.05) is 19.9 Å². The second-order valence-electron chi connectivity index (χ2n) is 8.50. The second kappa shape index (κ2) is 9.52. The van der Waals surface area contributed by atoms with Crippen molar-refractivity contribution in [1.82, 2.24) is 4.90 Å². The quantitative estimate of drug-likeness (QED) is 0.556. The monoisotopic (exact) mass is 413 g/mol. The molecule has 1 aromatic carbocycles. The first-order valence-electron chi connectivity index (χ1n) is 10.3. The molecule has 0 saturated carbocycles. The van der Waals surface area contributed by atoms with Gasteiger partial charge in [0, 0.05) is 42.5 Å². The Hall–Kier alpha value is -2.53. The van der Waals surface area contributed by atoms with E-state index in [1.54, 1.807) is 26.2 Å². The van der Waals surface area contributed by atoms with Crippen molar-refractivity contribution < 1.29 is 19.0 Å². The van der Waals surface area contributed by atoms with Gasteiger partial charge in [0.15, 0.2) is 0 Å². The summed E-state index contributed by atoms with van der Waals surface area (Å²) in [5, 5.41) is 0. The van der Waals surface area contributed by atoms with Gasteiger partial charge in [0.25, 0.3) is 5.91 Å². The molecule has 0 aromatic heterocycles. The zero-order chi connectivity index (χ0) is 22.6. The van der Waals surface area contributed by atoms with Crippen molar-refractivity contribution in [1.29, 1.82) is 0 Å². The second-order valence-corrected chi connectivity index (χ2v) is 8.50. The smallest absolute Gasteiger partial charge is 0.253 e. The van der Waals surface area contributed by atoms with Crippen LogP contribution >= 0.6 is 0 Å². The molecule has 0 spiro atoms. The largest absolute Gasteiger partial charge is 0.496 e. The molecule has 1 amide bonds. The number of fused-ring (bicyclic) bond motifs is 1. The number of carbonyl (C=O) groups excluding carboxylic acids is 1. The molecule has 0 bridgehead atoms. The Kier molecular flexibility index (Phi) is 7.54. The molecule has 5 heteroatoms. The number of allylic oxidation sites excluding steroid dienone is 2. The van der Waals surface area contributed by atoms with E-state index in [0.29, 0.717) is 18.8 Å². The first-order chi connectivity index (χ1) is 14.1. The number of hydrogen-bond acceptors (Lipinski definition) is 4. The number of rotatable bonds is 8. The summed E-state index contributed by atoms with van der Waals surface area (Å²) in [5.41, 5.74) is 5.10. The van der Waals surface area contributed by atoms with Crippen LogP contribution in [0.4, 0.5) is 0 Å². The van der Waals surface area contributed by atoms with Gasteiger partial charge in [-0.25, -0.2) is 0 Å². The molecule has 0 radical (unpaired) electrons. The minimum absolute atomic E-state index is 0.122. The minimum Gasteiger partial charge on any atom is -0.496 e. The van der Waals surface area contributed by atoms with Crippen molar-refractivity contribution in [3.05, 3.63) is 46.6 Å². The van der Waals surface area contributed by atoms with Gasteiger partial charge < -0.3 is 19.1 Å². The average Bonchev–Trinajstić information content (AvgIpc) is 2.70. The van der Waals surface area contributed by atoms with Gasteiger partial charge in [-0.1, -0.05) is 25.2 Å². The number of likely N-dealkylation sites (N-methyl/N-ethyl adjacent to an activating group) is 1. The molecule has 5 nitrogen and oxygen atoms in total. The van der Waals surface area contributed by atoms with E-state index in [0.717, 1.165) is 40.2 Å². The molecule has 1 aliphatic heterocycles. The lowest BCUT2D eigenvalue weighted by Gasteiger charge is -2.36. The van der Waals surface area contributed by atoms with E-state index in [1.165, 1.54) is 5.57 Å². The van der Waals surface area contributed by atoms with Gasteiger partial charge in [0.1, 0.15) is 18.1 Å². The molecule has 0 atom stereocenters. The van der Waals surface area contributed by atoms with Crippen molar-refractivity contribution in [2.75, 3.05) is 34.5 Å². The molecule has 0 N–H and O–H groups in total. The standard InChI is InChI=1S/C25H35NO4/c1-10-19-20-12-18(11-16(2)3)22(29-9)13-23(20)30-14-21(19)17(4)24(27)26(7)25(5,6)15-28-8/h11-13H,4,10,14-15H2,1-3,5-9H3. The van der Waals surface area contributed by atoms with Gasteiger partial charge in [-0.05, 0) is 45.8 Å². The SMILES string of the molecule is C=C(C(=O)N(C)C(C)(C)COC)C1=C(CC)c2cc(C=C(C)C)c(OC)cc2OC1. The lowest BCUT2D eigenvalue weighted by Crippen LogP contribution is -2.48. The van der Waals surface area contributed by atoms with E-state index in [2.05, 4.69) is 39.5 Å². The maximum absolute atomic E-state index is 13.2. The van der Waals surface area contributed by atoms with Gasteiger partial charge in [-0.2, -0.15) is 0 Å². The third-order valence-corrected chi connectivity index (χ3v) is 5.52. The number of nitrogens with zero attached hydrogens (tertiary/aromatic N) is 1. The Morgan fingerprint density at radius 2 is 1.97 bits per heavy atom. The van der Waals surface area contributed by atoms with Crippen LogP contribution in [0.1, 0.15) is 52.2 Å². The summed E-state index contributed by atoms with van der Waals surface area (Å²) >= 11 is 0. The molecule has 1 aliphatic rings. The fraction of sp³-hybridized carbons (Fsp3) is 0.480. The highest BCUT2D eigenvalue weighted by atomic mass is 16.5. The van der Waals surface area contributed by atoms with Gasteiger partial charge >= 0.3 is 0 Å². The summed E-state index contributed by atoms with van der Waals surface area (Å²) in [5.74, 6) is 1.42. The fourth-order valence-electron chi connectivity index (χ4n) is 3.66. The number of benzene rings is 1. The van der Waals surface area contributed by atoms with Crippen molar-refractivity contribution in [3.8, 4) is 11.5 Å². The van der Waals surface area contributed by atoms with E-state index < -0.39 is 5.54 Å². The van der Waals surface area contributed by atoms with Gasteiger partial charge in [-0.3, -0.25) is 4.79 Å². The number of methoxy groups -OCH3 is 2. The van der Waals surface area contributed by atoms with E-state index >= 15 is 0 Å². The number of amides is 1. The molecule has 0 saturated heterocycles. The fourth-order valence-corrected chi connectivity index (χ4v) is 3.66. The maximum Gasteiger partial charge on any atom is 0.253 e. The van der Waals surface area contributed by atoms with Crippen LogP contribution < -0.4 is 9.47 Å². The summed E-state index contributed by atoms with van der Waals surface area (Å²) in [4.78, 5) is 14.9. The topological polar surface area (TPSA) is 48.0 Å². The third-order valence-electron chi connectivity index (χ3n) is 5.52. The zero-order valence-electron chi connectivity index (χ0n) is 19.6. The maximum atomic E-state index is 13.2. The highest BCUT2D eigenvalue weighted by Gasteiger charge is 2.32. The van der Waals surface area contributed by atoms with Crippen LogP contribution in [0.3, 0.4) is 0 Å². The molecule has 0 aliphatic carbocycles. The predicted molar refractivity (Wildman–Crippen MR) is 123 cm³/mol. The van der Waals surface area contributed by atoms with E-state index in [-0.39, 0.29) is 5.91 Å². The first kappa shape index (κ1) is 23.7. The average molecular weight is 414 g/mol. The summed E-state index contributed by atoms with van der Waals surface area (Å²) < 4.78 is 16.9. The number of carbonyl (C=O) groups is 1. The molecule has 30 heavy (non-hydrogen) atoms. The minimum atomic E-state index is -0.445. The Morgan fingerprint density at radius 1 is 1.30 bits per heavy atom. The highest BCUT2D eigenvalue weighted by molar-refractivity contribution is 6.01. The van der Waals surface area contributed by atoms with E-state index in [4.69, 9.17) is 14.2 Å². The molecule has 0 fully saturated rings. The number of ether oxygens (including phenoxy) is 3. The summed E-state index contributed by atoms with van der Waals surface area (Å²) in [6, 6.07) is 4.00. The van der Waals surface area contributed by atoms with Crippen molar-refractivity contribution in [2.45, 2.75) is 46.6 Å². The van der Waals surface area contributed by atoms with Gasteiger partial charge in [0.05, 0.1) is 19.3 Å². The summed E-state index contributed by atoms with van der Waals surface area (Å²) in [6.45, 7) is 15.0. The molecular weight excluding hydrogens is 378 g/mol.